The fourth-order valence-corrected chi connectivity index (χ4v) is 3.05. The first-order chi connectivity index (χ1) is 8.43. The average Bonchev–Trinajstić information content (AvgIpc) is 2.26. The third-order valence-corrected chi connectivity index (χ3v) is 5.73. The van der Waals surface area contributed by atoms with Gasteiger partial charge in [-0.15, -0.1) is 0 Å². The van der Waals surface area contributed by atoms with E-state index >= 15 is 0 Å². The van der Waals surface area contributed by atoms with E-state index in [1.165, 1.54) is 0 Å². The Bertz CT molecular complexity index is 537. The second-order valence-corrected chi connectivity index (χ2v) is 7.61. The van der Waals surface area contributed by atoms with Crippen LogP contribution in [-0.2, 0) is 9.84 Å². The molecule has 1 aliphatic carbocycles. The molecule has 1 fully saturated rings. The minimum atomic E-state index is -3.24. The van der Waals surface area contributed by atoms with Crippen LogP contribution in [0.2, 0.25) is 0 Å². The summed E-state index contributed by atoms with van der Waals surface area (Å²) in [4.78, 5) is 12.3. The molecule has 0 aliphatic heterocycles. The Labute approximate surface area is 108 Å². The van der Waals surface area contributed by atoms with E-state index in [-0.39, 0.29) is 11.7 Å². The minimum Gasteiger partial charge on any atom is -0.294 e. The monoisotopic (exact) mass is 266 g/mol. The van der Waals surface area contributed by atoms with Crippen molar-refractivity contribution >= 4 is 15.6 Å². The predicted octanol–water partition coefficient (Wildman–Crippen LogP) is 2.85. The lowest BCUT2D eigenvalue weighted by Gasteiger charge is -2.23. The highest BCUT2D eigenvalue weighted by atomic mass is 32.2. The van der Waals surface area contributed by atoms with Gasteiger partial charge in [-0.25, -0.2) is 8.42 Å². The van der Waals surface area contributed by atoms with Gasteiger partial charge >= 0.3 is 0 Å². The van der Waals surface area contributed by atoms with Gasteiger partial charge in [0, 0.05) is 11.5 Å². The van der Waals surface area contributed by atoms with Gasteiger partial charge in [-0.05, 0) is 38.8 Å². The third kappa shape index (κ3) is 2.34. The molecule has 3 nitrogen and oxygen atoms in total. The molecule has 4 heteroatoms. The number of Topliss-reactive ketones (excluding diaryl/α,β-unsaturated/α-hetero) is 1. The zero-order valence-corrected chi connectivity index (χ0v) is 11.5. The number of sulfone groups is 1. The van der Waals surface area contributed by atoms with Gasteiger partial charge < -0.3 is 0 Å². The van der Waals surface area contributed by atoms with Gasteiger partial charge in [0.2, 0.25) is 0 Å². The molecule has 0 amide bonds. The van der Waals surface area contributed by atoms with E-state index in [1.807, 2.05) is 0 Å². The number of carbonyl (C=O) groups excluding carboxylic acids is 1. The van der Waals surface area contributed by atoms with Gasteiger partial charge in [0.1, 0.15) is 0 Å². The largest absolute Gasteiger partial charge is 0.294 e. The van der Waals surface area contributed by atoms with E-state index in [0.29, 0.717) is 10.5 Å². The standard InChI is InChI=1S/C14H18O3S/c1-10(2)18(16,17)13-8-6-12(7-9-13)14(15)11-4-3-5-11/h6-11H,3-5H2,1-2H3. The summed E-state index contributed by atoms with van der Waals surface area (Å²) in [5, 5.41) is -0.439. The summed E-state index contributed by atoms with van der Waals surface area (Å²) in [6, 6.07) is 6.36. The highest BCUT2D eigenvalue weighted by molar-refractivity contribution is 7.92. The van der Waals surface area contributed by atoms with Crippen LogP contribution < -0.4 is 0 Å². The first-order valence-corrected chi connectivity index (χ1v) is 7.85. The van der Waals surface area contributed by atoms with Crippen LogP contribution in [0.5, 0.6) is 0 Å². The molecule has 98 valence electrons. The molecule has 0 N–H and O–H groups in total. The zero-order valence-electron chi connectivity index (χ0n) is 10.7. The normalized spacial score (nSPS) is 16.6. The molecule has 0 saturated heterocycles. The lowest BCUT2D eigenvalue weighted by atomic mass is 9.80. The smallest absolute Gasteiger partial charge is 0.180 e. The highest BCUT2D eigenvalue weighted by Gasteiger charge is 2.26. The van der Waals surface area contributed by atoms with Gasteiger partial charge in [-0.3, -0.25) is 4.79 Å². The maximum absolute atomic E-state index is 12.0. The van der Waals surface area contributed by atoms with Crippen LogP contribution in [0.15, 0.2) is 29.2 Å². The van der Waals surface area contributed by atoms with Crippen molar-refractivity contribution in [2.75, 3.05) is 0 Å². The van der Waals surface area contributed by atoms with Crippen molar-refractivity contribution in [1.29, 1.82) is 0 Å². The van der Waals surface area contributed by atoms with Crippen LogP contribution in [0.3, 0.4) is 0 Å². The van der Waals surface area contributed by atoms with Crippen molar-refractivity contribution in [2.45, 2.75) is 43.3 Å². The number of ketones is 1. The highest BCUT2D eigenvalue weighted by Crippen LogP contribution is 2.30. The molecule has 1 aromatic carbocycles. The van der Waals surface area contributed by atoms with Crippen LogP contribution in [0.4, 0.5) is 0 Å². The molecule has 1 aliphatic rings. The van der Waals surface area contributed by atoms with Gasteiger partial charge in [0.15, 0.2) is 15.6 Å². The molecular weight excluding hydrogens is 248 g/mol. The number of carbonyl (C=O) groups is 1. The average molecular weight is 266 g/mol. The van der Waals surface area contributed by atoms with Crippen molar-refractivity contribution in [3.05, 3.63) is 29.8 Å². The molecule has 0 bridgehead atoms. The van der Waals surface area contributed by atoms with E-state index in [1.54, 1.807) is 38.1 Å². The van der Waals surface area contributed by atoms with Gasteiger partial charge in [-0.2, -0.15) is 0 Å². The fraction of sp³-hybridized carbons (Fsp3) is 0.500. The molecule has 2 rings (SSSR count). The topological polar surface area (TPSA) is 51.2 Å². The maximum atomic E-state index is 12.0. The number of hydrogen-bond acceptors (Lipinski definition) is 3. The van der Waals surface area contributed by atoms with Crippen LogP contribution in [-0.4, -0.2) is 19.5 Å². The van der Waals surface area contributed by atoms with Gasteiger partial charge in [-0.1, -0.05) is 18.6 Å². The molecule has 0 atom stereocenters. The van der Waals surface area contributed by atoms with Crippen molar-refractivity contribution in [2.24, 2.45) is 5.92 Å². The zero-order chi connectivity index (χ0) is 13.3. The lowest BCUT2D eigenvalue weighted by Crippen LogP contribution is -2.22. The summed E-state index contributed by atoms with van der Waals surface area (Å²) in [6.07, 6.45) is 3.05. The SMILES string of the molecule is CC(C)S(=O)(=O)c1ccc(C(=O)C2CCC2)cc1. The lowest BCUT2D eigenvalue weighted by molar-refractivity contribution is 0.0855. The van der Waals surface area contributed by atoms with Crippen LogP contribution in [0.1, 0.15) is 43.5 Å². The first kappa shape index (κ1) is 13.3. The molecule has 1 aromatic rings. The van der Waals surface area contributed by atoms with Gasteiger partial charge in [0.05, 0.1) is 10.1 Å². The summed E-state index contributed by atoms with van der Waals surface area (Å²) in [7, 11) is -3.24. The van der Waals surface area contributed by atoms with Gasteiger partial charge in [0.25, 0.3) is 0 Å². The van der Waals surface area contributed by atoms with Crippen LogP contribution in [0, 0.1) is 5.92 Å². The summed E-state index contributed by atoms with van der Waals surface area (Å²) in [5.74, 6) is 0.298. The Kier molecular flexibility index (Phi) is 3.57. The molecule has 0 unspecified atom stereocenters. The van der Waals surface area contributed by atoms with Crippen molar-refractivity contribution in [3.8, 4) is 0 Å². The van der Waals surface area contributed by atoms with Crippen LogP contribution in [0.25, 0.3) is 0 Å². The quantitative estimate of drug-likeness (QED) is 0.787. The molecule has 18 heavy (non-hydrogen) atoms. The second kappa shape index (κ2) is 4.84. The molecule has 0 heterocycles. The summed E-state index contributed by atoms with van der Waals surface area (Å²) in [5.41, 5.74) is 0.627. The Morgan fingerprint density at radius 3 is 2.11 bits per heavy atom. The van der Waals surface area contributed by atoms with Crippen molar-refractivity contribution in [1.82, 2.24) is 0 Å². The van der Waals surface area contributed by atoms with Crippen molar-refractivity contribution in [3.63, 3.8) is 0 Å². The fourth-order valence-electron chi connectivity index (χ4n) is 1.99. The first-order valence-electron chi connectivity index (χ1n) is 6.31. The molecule has 1 saturated carbocycles. The Morgan fingerprint density at radius 1 is 1.17 bits per heavy atom. The van der Waals surface area contributed by atoms with E-state index in [2.05, 4.69) is 0 Å². The number of rotatable bonds is 4. The molecule has 0 aromatic heterocycles. The Morgan fingerprint density at radius 2 is 1.72 bits per heavy atom. The summed E-state index contributed by atoms with van der Waals surface area (Å²) < 4.78 is 23.9. The summed E-state index contributed by atoms with van der Waals surface area (Å²) >= 11 is 0. The third-order valence-electron chi connectivity index (χ3n) is 3.56. The molecule has 0 radical (unpaired) electrons. The molecular formula is C14H18O3S. The van der Waals surface area contributed by atoms with E-state index in [0.717, 1.165) is 19.3 Å². The number of benzene rings is 1. The minimum absolute atomic E-state index is 0.148. The maximum Gasteiger partial charge on any atom is 0.180 e. The van der Waals surface area contributed by atoms with Crippen LogP contribution >= 0.6 is 0 Å². The Balaban J connectivity index is 2.22. The van der Waals surface area contributed by atoms with E-state index in [9.17, 15) is 13.2 Å². The number of hydrogen-bond donors (Lipinski definition) is 0. The van der Waals surface area contributed by atoms with Crippen molar-refractivity contribution < 1.29 is 13.2 Å². The predicted molar refractivity (Wildman–Crippen MR) is 70.4 cm³/mol. The second-order valence-electron chi connectivity index (χ2n) is 5.11. The molecule has 0 spiro atoms. The van der Waals surface area contributed by atoms with E-state index < -0.39 is 15.1 Å². The summed E-state index contributed by atoms with van der Waals surface area (Å²) in [6.45, 7) is 3.31. The van der Waals surface area contributed by atoms with E-state index in [4.69, 9.17) is 0 Å². The Hall–Kier alpha value is -1.16.